The summed E-state index contributed by atoms with van der Waals surface area (Å²) in [4.78, 5) is 8.15. The number of benzene rings is 1. The molecule has 0 bridgehead atoms. The van der Waals surface area contributed by atoms with Crippen LogP contribution in [0.5, 0.6) is 11.5 Å². The van der Waals surface area contributed by atoms with E-state index in [0.717, 1.165) is 35.1 Å². The third-order valence-electron chi connectivity index (χ3n) is 4.72. The van der Waals surface area contributed by atoms with E-state index in [4.69, 9.17) is 14.7 Å². The molecule has 1 aromatic carbocycles. The van der Waals surface area contributed by atoms with Crippen LogP contribution in [0, 0.1) is 11.3 Å². The van der Waals surface area contributed by atoms with Crippen LogP contribution in [0.25, 0.3) is 11.3 Å². The molecule has 1 aliphatic heterocycles. The minimum absolute atomic E-state index is 0.251. The lowest BCUT2D eigenvalue weighted by Crippen LogP contribution is -2.28. The van der Waals surface area contributed by atoms with Gasteiger partial charge in [0.1, 0.15) is 30.0 Å². The molecule has 0 saturated carbocycles. The van der Waals surface area contributed by atoms with Gasteiger partial charge in [0.2, 0.25) is 0 Å². The van der Waals surface area contributed by atoms with Crippen molar-refractivity contribution in [1.82, 2.24) is 25.5 Å². The first kappa shape index (κ1) is 20.1. The fraction of sp³-hybridized carbons (Fsp3) is 0.300. The average Bonchev–Trinajstić information content (AvgIpc) is 3.44. The Hall–Kier alpha value is -3.16. The van der Waals surface area contributed by atoms with Crippen LogP contribution in [0.1, 0.15) is 18.5 Å². The minimum atomic E-state index is 0.251. The summed E-state index contributed by atoms with van der Waals surface area (Å²) in [6, 6.07) is 7.93. The van der Waals surface area contributed by atoms with Gasteiger partial charge in [0.05, 0.1) is 30.8 Å². The summed E-state index contributed by atoms with van der Waals surface area (Å²) in [5.74, 6) is 2.39. The first-order chi connectivity index (χ1) is 14.7. The zero-order valence-corrected chi connectivity index (χ0v) is 17.9. The lowest BCUT2D eigenvalue weighted by Gasteiger charge is -2.17. The summed E-state index contributed by atoms with van der Waals surface area (Å²) in [5.41, 5.74) is 1.77. The molecule has 3 heterocycles. The van der Waals surface area contributed by atoms with E-state index in [0.29, 0.717) is 35.8 Å². The van der Waals surface area contributed by atoms with Crippen LogP contribution in [-0.2, 0) is 0 Å². The molecule has 9 nitrogen and oxygen atoms in total. The number of halogens is 1. The highest BCUT2D eigenvalue weighted by Gasteiger charge is 2.20. The summed E-state index contributed by atoms with van der Waals surface area (Å²) in [5, 5.41) is 22.7. The Balaban J connectivity index is 1.59. The smallest absolute Gasteiger partial charge is 0.158 e. The van der Waals surface area contributed by atoms with Gasteiger partial charge < -0.3 is 20.1 Å². The number of anilines is 2. The Bertz CT molecular complexity index is 1060. The van der Waals surface area contributed by atoms with E-state index < -0.39 is 0 Å². The lowest BCUT2D eigenvalue weighted by molar-refractivity contribution is 0.276. The van der Waals surface area contributed by atoms with Crippen molar-refractivity contribution < 1.29 is 9.47 Å². The van der Waals surface area contributed by atoms with Gasteiger partial charge in [-0.25, -0.2) is 9.97 Å². The molecular weight excluding hydrogens is 450 g/mol. The topological polar surface area (TPSA) is 121 Å². The SMILES string of the molecule is COc1cc(Br)cc(OC[C@H]2CCCN2)c1-c1cc(Nc2cnc(C#N)cn2)n[nH]1. The third-order valence-corrected chi connectivity index (χ3v) is 5.18. The van der Waals surface area contributed by atoms with Crippen molar-refractivity contribution in [2.24, 2.45) is 0 Å². The van der Waals surface area contributed by atoms with Gasteiger partial charge in [-0.2, -0.15) is 10.4 Å². The van der Waals surface area contributed by atoms with Gasteiger partial charge in [0.25, 0.3) is 0 Å². The van der Waals surface area contributed by atoms with Crippen molar-refractivity contribution in [3.05, 3.63) is 40.8 Å². The lowest BCUT2D eigenvalue weighted by atomic mass is 10.1. The Labute approximate surface area is 182 Å². The van der Waals surface area contributed by atoms with Crippen LogP contribution in [0.4, 0.5) is 11.6 Å². The minimum Gasteiger partial charge on any atom is -0.496 e. The monoisotopic (exact) mass is 469 g/mol. The molecule has 1 saturated heterocycles. The average molecular weight is 470 g/mol. The largest absolute Gasteiger partial charge is 0.496 e. The number of ether oxygens (including phenoxy) is 2. The van der Waals surface area contributed by atoms with Crippen molar-refractivity contribution in [3.8, 4) is 28.8 Å². The molecular formula is C20H20BrN7O2. The number of methoxy groups -OCH3 is 1. The molecule has 0 amide bonds. The Morgan fingerprint density at radius 1 is 1.23 bits per heavy atom. The number of hydrogen-bond acceptors (Lipinski definition) is 8. The first-order valence-electron chi connectivity index (χ1n) is 9.45. The maximum Gasteiger partial charge on any atom is 0.158 e. The van der Waals surface area contributed by atoms with Crippen molar-refractivity contribution >= 4 is 27.6 Å². The summed E-state index contributed by atoms with van der Waals surface area (Å²) < 4.78 is 12.6. The van der Waals surface area contributed by atoms with Crippen LogP contribution in [0.2, 0.25) is 0 Å². The maximum absolute atomic E-state index is 8.83. The predicted octanol–water partition coefficient (Wildman–Crippen LogP) is 3.38. The second-order valence-corrected chi connectivity index (χ2v) is 7.69. The second-order valence-electron chi connectivity index (χ2n) is 6.78. The molecule has 10 heteroatoms. The predicted molar refractivity (Wildman–Crippen MR) is 115 cm³/mol. The molecule has 1 aliphatic rings. The molecule has 154 valence electrons. The first-order valence-corrected chi connectivity index (χ1v) is 10.2. The Morgan fingerprint density at radius 3 is 2.80 bits per heavy atom. The number of nitrogens with one attached hydrogen (secondary N) is 3. The van der Waals surface area contributed by atoms with E-state index in [1.807, 2.05) is 24.3 Å². The van der Waals surface area contributed by atoms with Crippen molar-refractivity contribution in [3.63, 3.8) is 0 Å². The van der Waals surface area contributed by atoms with Gasteiger partial charge >= 0.3 is 0 Å². The van der Waals surface area contributed by atoms with Crippen LogP contribution in [0.3, 0.4) is 0 Å². The summed E-state index contributed by atoms with van der Waals surface area (Å²) in [7, 11) is 1.62. The summed E-state index contributed by atoms with van der Waals surface area (Å²) >= 11 is 3.52. The van der Waals surface area contributed by atoms with Crippen molar-refractivity contribution in [2.45, 2.75) is 18.9 Å². The third kappa shape index (κ3) is 4.53. The van der Waals surface area contributed by atoms with E-state index in [-0.39, 0.29) is 5.69 Å². The summed E-state index contributed by atoms with van der Waals surface area (Å²) in [6.45, 7) is 1.60. The highest BCUT2D eigenvalue weighted by atomic mass is 79.9. The van der Waals surface area contributed by atoms with Crippen LogP contribution >= 0.6 is 15.9 Å². The highest BCUT2D eigenvalue weighted by Crippen LogP contribution is 2.41. The molecule has 30 heavy (non-hydrogen) atoms. The molecule has 1 atom stereocenters. The summed E-state index contributed by atoms with van der Waals surface area (Å²) in [6.07, 6.45) is 5.15. The Morgan fingerprint density at radius 2 is 2.10 bits per heavy atom. The highest BCUT2D eigenvalue weighted by molar-refractivity contribution is 9.10. The van der Waals surface area contributed by atoms with Gasteiger partial charge in [0, 0.05) is 16.6 Å². The number of hydrogen-bond donors (Lipinski definition) is 3. The van der Waals surface area contributed by atoms with Crippen molar-refractivity contribution in [1.29, 1.82) is 5.26 Å². The molecule has 3 N–H and O–H groups in total. The number of rotatable bonds is 7. The molecule has 0 unspecified atom stereocenters. The Kier molecular flexibility index (Phi) is 6.11. The zero-order chi connectivity index (χ0) is 20.9. The van der Waals surface area contributed by atoms with Gasteiger partial charge in [-0.05, 0) is 31.5 Å². The molecule has 3 aromatic rings. The second kappa shape index (κ2) is 9.11. The van der Waals surface area contributed by atoms with Gasteiger partial charge in [-0.15, -0.1) is 0 Å². The van der Waals surface area contributed by atoms with Gasteiger partial charge in [-0.1, -0.05) is 15.9 Å². The number of nitriles is 1. The fourth-order valence-electron chi connectivity index (χ4n) is 3.28. The quantitative estimate of drug-likeness (QED) is 0.481. The van der Waals surface area contributed by atoms with E-state index >= 15 is 0 Å². The van der Waals surface area contributed by atoms with Gasteiger partial charge in [0.15, 0.2) is 11.5 Å². The molecule has 0 spiro atoms. The number of aromatic amines is 1. The molecule has 2 aromatic heterocycles. The maximum atomic E-state index is 8.83. The van der Waals surface area contributed by atoms with Crippen molar-refractivity contribution in [2.75, 3.05) is 25.6 Å². The van der Waals surface area contributed by atoms with Crippen LogP contribution < -0.4 is 20.1 Å². The molecule has 1 fully saturated rings. The standard InChI is InChI=1S/C20H20BrN7O2/c1-29-16-5-12(21)6-17(30-11-13-3-2-4-23-13)20(16)15-7-18(28-27-15)26-19-10-24-14(8-22)9-25-19/h5-7,9-10,13,23H,2-4,11H2,1H3,(H2,25,26,27,28)/t13-/m1/s1. The van der Waals surface area contributed by atoms with E-state index in [1.165, 1.54) is 12.4 Å². The van der Waals surface area contributed by atoms with E-state index in [9.17, 15) is 0 Å². The van der Waals surface area contributed by atoms with E-state index in [2.05, 4.69) is 46.7 Å². The normalized spacial score (nSPS) is 15.6. The van der Waals surface area contributed by atoms with E-state index in [1.54, 1.807) is 7.11 Å². The molecule has 4 rings (SSSR count). The van der Waals surface area contributed by atoms with Crippen LogP contribution in [-0.4, -0.2) is 46.5 Å². The van der Waals surface area contributed by atoms with Gasteiger partial charge in [-0.3, -0.25) is 5.10 Å². The van der Waals surface area contributed by atoms with Crippen LogP contribution in [0.15, 0.2) is 35.1 Å². The molecule has 0 radical (unpaired) electrons. The number of H-pyrrole nitrogens is 1. The molecule has 0 aliphatic carbocycles. The number of aromatic nitrogens is 4. The fourth-order valence-corrected chi connectivity index (χ4v) is 3.70. The number of nitrogens with zero attached hydrogens (tertiary/aromatic N) is 4. The zero-order valence-electron chi connectivity index (χ0n) is 16.3.